The maximum absolute atomic E-state index is 2.71. The molecule has 0 bridgehead atoms. The topological polar surface area (TPSA) is 6.48 Å². The van der Waals surface area contributed by atoms with E-state index < -0.39 is 0 Å². The van der Waals surface area contributed by atoms with Gasteiger partial charge in [0, 0.05) is 32.7 Å². The van der Waals surface area contributed by atoms with E-state index in [9.17, 15) is 0 Å². The van der Waals surface area contributed by atoms with Crippen molar-refractivity contribution in [3.05, 3.63) is 0 Å². The maximum Gasteiger partial charge on any atom is 0.0110 e. The molecule has 0 aliphatic carbocycles. The van der Waals surface area contributed by atoms with Crippen LogP contribution in [-0.4, -0.2) is 49.1 Å². The van der Waals surface area contributed by atoms with Crippen LogP contribution in [0.25, 0.3) is 0 Å². The van der Waals surface area contributed by atoms with Gasteiger partial charge in [-0.15, -0.1) is 0 Å². The zero-order valence-electron chi connectivity index (χ0n) is 13.0. The van der Waals surface area contributed by atoms with Crippen LogP contribution in [0.5, 0.6) is 0 Å². The standard InChI is InChI=1S/C16H34N2/c1-4-7-8-10-16(9-5-2)15-18-13-11-17(6-3)12-14-18/h16H,4-15H2,1-3H3. The van der Waals surface area contributed by atoms with Gasteiger partial charge in [-0.25, -0.2) is 0 Å². The lowest BCUT2D eigenvalue weighted by molar-refractivity contribution is 0.117. The second-order valence-corrected chi connectivity index (χ2v) is 5.89. The molecular formula is C16H34N2. The third-order valence-electron chi connectivity index (χ3n) is 4.34. The number of piperazine rings is 1. The zero-order chi connectivity index (χ0) is 13.2. The van der Waals surface area contributed by atoms with E-state index in [1.54, 1.807) is 0 Å². The lowest BCUT2D eigenvalue weighted by atomic mass is 9.95. The molecular weight excluding hydrogens is 220 g/mol. The van der Waals surface area contributed by atoms with E-state index in [0.29, 0.717) is 0 Å². The first-order chi connectivity index (χ1) is 8.80. The van der Waals surface area contributed by atoms with Crippen molar-refractivity contribution in [3.63, 3.8) is 0 Å². The smallest absolute Gasteiger partial charge is 0.0110 e. The van der Waals surface area contributed by atoms with Crippen molar-refractivity contribution in [2.45, 2.75) is 59.3 Å². The summed E-state index contributed by atoms with van der Waals surface area (Å²) in [7, 11) is 0. The average Bonchev–Trinajstić information content (AvgIpc) is 2.40. The van der Waals surface area contributed by atoms with Crippen LogP contribution < -0.4 is 0 Å². The molecule has 0 aromatic heterocycles. The van der Waals surface area contributed by atoms with Gasteiger partial charge < -0.3 is 9.80 Å². The third-order valence-corrected chi connectivity index (χ3v) is 4.34. The predicted octanol–water partition coefficient (Wildman–Crippen LogP) is 3.62. The van der Waals surface area contributed by atoms with Crippen LogP contribution in [0.1, 0.15) is 59.3 Å². The molecule has 1 rings (SSSR count). The van der Waals surface area contributed by atoms with Crippen LogP contribution in [0.2, 0.25) is 0 Å². The first kappa shape index (κ1) is 16.0. The van der Waals surface area contributed by atoms with Gasteiger partial charge in [-0.1, -0.05) is 46.5 Å². The molecule has 1 fully saturated rings. The second kappa shape index (κ2) is 9.80. The molecule has 1 aliphatic rings. The molecule has 0 saturated carbocycles. The molecule has 108 valence electrons. The van der Waals surface area contributed by atoms with Crippen molar-refractivity contribution in [1.29, 1.82) is 0 Å². The number of likely N-dealkylation sites (N-methyl/N-ethyl adjacent to an activating group) is 1. The molecule has 2 heteroatoms. The Morgan fingerprint density at radius 2 is 1.44 bits per heavy atom. The highest BCUT2D eigenvalue weighted by Crippen LogP contribution is 2.18. The maximum atomic E-state index is 2.71. The molecule has 0 spiro atoms. The van der Waals surface area contributed by atoms with Gasteiger partial charge in [0.2, 0.25) is 0 Å². The lowest BCUT2D eigenvalue weighted by Crippen LogP contribution is -2.47. The first-order valence-electron chi connectivity index (χ1n) is 8.24. The summed E-state index contributed by atoms with van der Waals surface area (Å²) in [5.74, 6) is 0.953. The van der Waals surface area contributed by atoms with Crippen molar-refractivity contribution in [1.82, 2.24) is 9.80 Å². The van der Waals surface area contributed by atoms with E-state index >= 15 is 0 Å². The Labute approximate surface area is 115 Å². The summed E-state index contributed by atoms with van der Waals surface area (Å²) in [6, 6.07) is 0. The zero-order valence-corrected chi connectivity index (χ0v) is 13.0. The molecule has 2 nitrogen and oxygen atoms in total. The van der Waals surface area contributed by atoms with Crippen molar-refractivity contribution in [2.24, 2.45) is 5.92 Å². The van der Waals surface area contributed by atoms with Gasteiger partial charge in [-0.2, -0.15) is 0 Å². The lowest BCUT2D eigenvalue weighted by Gasteiger charge is -2.36. The summed E-state index contributed by atoms with van der Waals surface area (Å²) in [6.45, 7) is 14.6. The van der Waals surface area contributed by atoms with Gasteiger partial charge in [-0.3, -0.25) is 0 Å². The van der Waals surface area contributed by atoms with Crippen LogP contribution in [0.4, 0.5) is 0 Å². The Balaban J connectivity index is 2.23. The summed E-state index contributed by atoms with van der Waals surface area (Å²) in [4.78, 5) is 5.28. The van der Waals surface area contributed by atoms with Gasteiger partial charge in [0.05, 0.1) is 0 Å². The van der Waals surface area contributed by atoms with Gasteiger partial charge in [-0.05, 0) is 25.3 Å². The number of rotatable bonds is 9. The van der Waals surface area contributed by atoms with Crippen LogP contribution >= 0.6 is 0 Å². The summed E-state index contributed by atoms with van der Waals surface area (Å²) in [6.07, 6.45) is 8.45. The van der Waals surface area contributed by atoms with E-state index in [4.69, 9.17) is 0 Å². The van der Waals surface area contributed by atoms with Crippen molar-refractivity contribution >= 4 is 0 Å². The van der Waals surface area contributed by atoms with Crippen molar-refractivity contribution < 1.29 is 0 Å². The van der Waals surface area contributed by atoms with Gasteiger partial charge in [0.15, 0.2) is 0 Å². The number of hydrogen-bond acceptors (Lipinski definition) is 2. The van der Waals surface area contributed by atoms with E-state index in [1.807, 2.05) is 0 Å². The largest absolute Gasteiger partial charge is 0.301 e. The molecule has 1 atom stereocenters. The molecule has 1 heterocycles. The third kappa shape index (κ3) is 6.19. The highest BCUT2D eigenvalue weighted by molar-refractivity contribution is 4.74. The van der Waals surface area contributed by atoms with Gasteiger partial charge in [0.25, 0.3) is 0 Å². The fraction of sp³-hybridized carbons (Fsp3) is 1.00. The predicted molar refractivity (Wildman–Crippen MR) is 81.1 cm³/mol. The molecule has 1 saturated heterocycles. The summed E-state index contributed by atoms with van der Waals surface area (Å²) < 4.78 is 0. The van der Waals surface area contributed by atoms with E-state index in [1.165, 1.54) is 77.8 Å². The van der Waals surface area contributed by atoms with E-state index in [-0.39, 0.29) is 0 Å². The van der Waals surface area contributed by atoms with Crippen LogP contribution in [0, 0.1) is 5.92 Å². The second-order valence-electron chi connectivity index (χ2n) is 5.89. The molecule has 0 N–H and O–H groups in total. The molecule has 0 radical (unpaired) electrons. The summed E-state index contributed by atoms with van der Waals surface area (Å²) >= 11 is 0. The van der Waals surface area contributed by atoms with Gasteiger partial charge >= 0.3 is 0 Å². The van der Waals surface area contributed by atoms with Crippen LogP contribution in [-0.2, 0) is 0 Å². The average molecular weight is 254 g/mol. The molecule has 18 heavy (non-hydrogen) atoms. The fourth-order valence-corrected chi connectivity index (χ4v) is 3.07. The summed E-state index contributed by atoms with van der Waals surface area (Å²) in [5, 5.41) is 0. The van der Waals surface area contributed by atoms with Crippen molar-refractivity contribution in [2.75, 3.05) is 39.3 Å². The normalized spacial score (nSPS) is 20.2. The SMILES string of the molecule is CCCCCC(CCC)CN1CCN(CC)CC1. The first-order valence-corrected chi connectivity index (χ1v) is 8.24. The quantitative estimate of drug-likeness (QED) is 0.580. The van der Waals surface area contributed by atoms with Crippen molar-refractivity contribution in [3.8, 4) is 0 Å². The molecule has 1 aliphatic heterocycles. The number of nitrogens with zero attached hydrogens (tertiary/aromatic N) is 2. The Morgan fingerprint density at radius 1 is 0.778 bits per heavy atom. The Bertz CT molecular complexity index is 186. The Hall–Kier alpha value is -0.0800. The Morgan fingerprint density at radius 3 is 2.00 bits per heavy atom. The minimum Gasteiger partial charge on any atom is -0.301 e. The summed E-state index contributed by atoms with van der Waals surface area (Å²) in [5.41, 5.74) is 0. The Kier molecular flexibility index (Phi) is 8.70. The fourth-order valence-electron chi connectivity index (χ4n) is 3.07. The minimum atomic E-state index is 0.953. The van der Waals surface area contributed by atoms with E-state index in [2.05, 4.69) is 30.6 Å². The highest BCUT2D eigenvalue weighted by Gasteiger charge is 2.18. The molecule has 0 aromatic carbocycles. The van der Waals surface area contributed by atoms with E-state index in [0.717, 1.165) is 5.92 Å². The van der Waals surface area contributed by atoms with Crippen LogP contribution in [0.15, 0.2) is 0 Å². The monoisotopic (exact) mass is 254 g/mol. The minimum absolute atomic E-state index is 0.953. The number of unbranched alkanes of at least 4 members (excludes halogenated alkanes) is 2. The highest BCUT2D eigenvalue weighted by atomic mass is 15.3. The number of hydrogen-bond donors (Lipinski definition) is 0. The molecule has 0 aromatic rings. The van der Waals surface area contributed by atoms with Gasteiger partial charge in [0.1, 0.15) is 0 Å². The molecule has 1 unspecified atom stereocenters. The molecule has 0 amide bonds. The van der Waals surface area contributed by atoms with Crippen LogP contribution in [0.3, 0.4) is 0 Å².